The van der Waals surface area contributed by atoms with Crippen molar-refractivity contribution in [2.75, 3.05) is 7.11 Å². The highest BCUT2D eigenvalue weighted by molar-refractivity contribution is 5.48. The van der Waals surface area contributed by atoms with Crippen molar-refractivity contribution in [1.82, 2.24) is 0 Å². The number of isocyanates is 1. The molecule has 1 aliphatic rings. The number of phenolic OH excluding ortho intramolecular Hbond substituents is 1. The first-order valence-electron chi connectivity index (χ1n) is 5.29. The van der Waals surface area contributed by atoms with Gasteiger partial charge in [0.15, 0.2) is 11.5 Å². The summed E-state index contributed by atoms with van der Waals surface area (Å²) in [5, 5.41) is 9.79. The van der Waals surface area contributed by atoms with Gasteiger partial charge in [-0.1, -0.05) is 0 Å². The molecular formula is C12H12FNO3. The van der Waals surface area contributed by atoms with Gasteiger partial charge in [-0.05, 0) is 31.4 Å². The second-order valence-corrected chi connectivity index (χ2v) is 4.07. The van der Waals surface area contributed by atoms with Gasteiger partial charge >= 0.3 is 0 Å². The molecule has 0 bridgehead atoms. The predicted molar refractivity (Wildman–Crippen MR) is 58.3 cm³/mol. The van der Waals surface area contributed by atoms with Crippen LogP contribution in [0.3, 0.4) is 0 Å². The molecule has 1 saturated carbocycles. The Labute approximate surface area is 97.7 Å². The monoisotopic (exact) mass is 237 g/mol. The predicted octanol–water partition coefficient (Wildman–Crippen LogP) is 2.25. The maximum absolute atomic E-state index is 13.7. The lowest BCUT2D eigenvalue weighted by atomic mass is 9.72. The summed E-state index contributed by atoms with van der Waals surface area (Å²) in [6.07, 6.45) is 3.61. The van der Waals surface area contributed by atoms with Gasteiger partial charge in [0.1, 0.15) is 5.54 Å². The molecule has 0 amide bonds. The van der Waals surface area contributed by atoms with E-state index in [-0.39, 0.29) is 5.75 Å². The number of nitrogens with zero attached hydrogens (tertiary/aromatic N) is 1. The molecule has 0 unspecified atom stereocenters. The molecule has 1 N–H and O–H groups in total. The Hall–Kier alpha value is -1.87. The Morgan fingerprint density at radius 1 is 1.53 bits per heavy atom. The van der Waals surface area contributed by atoms with Gasteiger partial charge in [0, 0.05) is 5.56 Å². The Balaban J connectivity index is 2.53. The highest BCUT2D eigenvalue weighted by Gasteiger charge is 2.41. The third-order valence-electron chi connectivity index (χ3n) is 3.24. The van der Waals surface area contributed by atoms with E-state index in [9.17, 15) is 14.3 Å². The SMILES string of the molecule is COc1ccc(C2(N=C=O)CCC2)c(O)c1F. The van der Waals surface area contributed by atoms with Gasteiger partial charge in [-0.15, -0.1) is 0 Å². The lowest BCUT2D eigenvalue weighted by Gasteiger charge is -2.37. The number of aromatic hydroxyl groups is 1. The maximum Gasteiger partial charge on any atom is 0.235 e. The quantitative estimate of drug-likeness (QED) is 0.648. The molecule has 0 heterocycles. The molecule has 0 saturated heterocycles. The van der Waals surface area contributed by atoms with Crippen molar-refractivity contribution in [2.24, 2.45) is 4.99 Å². The standard InChI is InChI=1S/C12H12FNO3/c1-17-9-4-3-8(11(16)10(9)13)12(14-7-15)5-2-6-12/h3-4,16H,2,5-6H2,1H3. The van der Waals surface area contributed by atoms with Crippen molar-refractivity contribution in [3.63, 3.8) is 0 Å². The van der Waals surface area contributed by atoms with E-state index >= 15 is 0 Å². The normalized spacial score (nSPS) is 16.8. The van der Waals surface area contributed by atoms with Crippen LogP contribution in [-0.2, 0) is 10.3 Å². The van der Waals surface area contributed by atoms with E-state index < -0.39 is 17.1 Å². The van der Waals surface area contributed by atoms with Crippen molar-refractivity contribution in [1.29, 1.82) is 0 Å². The maximum atomic E-state index is 13.7. The topological polar surface area (TPSA) is 58.9 Å². The molecule has 0 aromatic heterocycles. The first-order chi connectivity index (χ1) is 8.14. The molecule has 4 nitrogen and oxygen atoms in total. The van der Waals surface area contributed by atoms with Crippen LogP contribution in [0.1, 0.15) is 24.8 Å². The number of aliphatic imine (C=N–C) groups is 1. The minimum absolute atomic E-state index is 0.0317. The number of carbonyl (C=O) groups excluding carboxylic acids is 1. The van der Waals surface area contributed by atoms with E-state index in [2.05, 4.69) is 4.99 Å². The van der Waals surface area contributed by atoms with Crippen LogP contribution in [0.25, 0.3) is 0 Å². The van der Waals surface area contributed by atoms with E-state index in [1.165, 1.54) is 25.3 Å². The van der Waals surface area contributed by atoms with Crippen LogP contribution in [0.15, 0.2) is 17.1 Å². The molecule has 2 rings (SSSR count). The molecule has 0 radical (unpaired) electrons. The number of halogens is 1. The number of benzene rings is 1. The largest absolute Gasteiger partial charge is 0.504 e. The number of hydrogen-bond donors (Lipinski definition) is 1. The van der Waals surface area contributed by atoms with Crippen molar-refractivity contribution in [3.05, 3.63) is 23.5 Å². The highest BCUT2D eigenvalue weighted by Crippen LogP contribution is 2.49. The van der Waals surface area contributed by atoms with Crippen LogP contribution in [0.5, 0.6) is 11.5 Å². The van der Waals surface area contributed by atoms with Crippen LogP contribution >= 0.6 is 0 Å². The molecule has 0 atom stereocenters. The van der Waals surface area contributed by atoms with Crippen molar-refractivity contribution in [2.45, 2.75) is 24.8 Å². The molecule has 1 fully saturated rings. The summed E-state index contributed by atoms with van der Waals surface area (Å²) in [5.74, 6) is -1.35. The van der Waals surface area contributed by atoms with E-state index in [1.807, 2.05) is 0 Å². The van der Waals surface area contributed by atoms with Crippen molar-refractivity contribution in [3.8, 4) is 11.5 Å². The molecule has 90 valence electrons. The first kappa shape index (κ1) is 11.6. The molecular weight excluding hydrogens is 225 g/mol. The second-order valence-electron chi connectivity index (χ2n) is 4.07. The molecule has 0 spiro atoms. The zero-order valence-electron chi connectivity index (χ0n) is 9.36. The van der Waals surface area contributed by atoms with Gasteiger partial charge in [-0.25, -0.2) is 4.79 Å². The number of methoxy groups -OCH3 is 1. The molecule has 1 aliphatic carbocycles. The summed E-state index contributed by atoms with van der Waals surface area (Å²) >= 11 is 0. The van der Waals surface area contributed by atoms with Gasteiger partial charge in [0.2, 0.25) is 11.9 Å². The van der Waals surface area contributed by atoms with E-state index in [1.54, 1.807) is 0 Å². The summed E-state index contributed by atoms with van der Waals surface area (Å²) in [4.78, 5) is 14.1. The van der Waals surface area contributed by atoms with E-state index in [0.717, 1.165) is 6.42 Å². The second kappa shape index (κ2) is 4.18. The number of rotatable bonds is 3. The Bertz CT molecular complexity index is 491. The van der Waals surface area contributed by atoms with Crippen LogP contribution in [0.2, 0.25) is 0 Å². The molecule has 5 heteroatoms. The fourth-order valence-electron chi connectivity index (χ4n) is 2.12. The average molecular weight is 237 g/mol. The summed E-state index contributed by atoms with van der Waals surface area (Å²) in [7, 11) is 1.32. The lowest BCUT2D eigenvalue weighted by Crippen LogP contribution is -2.32. The molecule has 1 aromatic rings. The fourth-order valence-corrected chi connectivity index (χ4v) is 2.12. The van der Waals surface area contributed by atoms with E-state index in [0.29, 0.717) is 18.4 Å². The third-order valence-corrected chi connectivity index (χ3v) is 3.24. The van der Waals surface area contributed by atoms with Crippen LogP contribution < -0.4 is 4.74 Å². The lowest BCUT2D eigenvalue weighted by molar-refractivity contribution is 0.243. The molecule has 17 heavy (non-hydrogen) atoms. The number of hydrogen-bond acceptors (Lipinski definition) is 4. The summed E-state index contributed by atoms with van der Waals surface area (Å²) in [6.45, 7) is 0. The summed E-state index contributed by atoms with van der Waals surface area (Å²) < 4.78 is 18.4. The Kier molecular flexibility index (Phi) is 2.86. The Morgan fingerprint density at radius 3 is 2.71 bits per heavy atom. The minimum Gasteiger partial charge on any atom is -0.504 e. The van der Waals surface area contributed by atoms with Crippen molar-refractivity contribution >= 4 is 6.08 Å². The Morgan fingerprint density at radius 2 is 2.24 bits per heavy atom. The first-order valence-corrected chi connectivity index (χ1v) is 5.29. The highest BCUT2D eigenvalue weighted by atomic mass is 19.1. The van der Waals surface area contributed by atoms with Gasteiger partial charge in [0.05, 0.1) is 7.11 Å². The van der Waals surface area contributed by atoms with Gasteiger partial charge in [-0.2, -0.15) is 9.38 Å². The minimum atomic E-state index is -0.822. The van der Waals surface area contributed by atoms with Gasteiger partial charge in [0.25, 0.3) is 0 Å². The van der Waals surface area contributed by atoms with Gasteiger partial charge < -0.3 is 9.84 Å². The molecule has 0 aliphatic heterocycles. The van der Waals surface area contributed by atoms with Crippen molar-refractivity contribution < 1.29 is 19.0 Å². The van der Waals surface area contributed by atoms with E-state index in [4.69, 9.17) is 4.74 Å². The van der Waals surface area contributed by atoms with Crippen LogP contribution in [-0.4, -0.2) is 18.3 Å². The fraction of sp³-hybridized carbons (Fsp3) is 0.417. The third kappa shape index (κ3) is 1.68. The smallest absolute Gasteiger partial charge is 0.235 e. The van der Waals surface area contributed by atoms with Crippen LogP contribution in [0, 0.1) is 5.82 Å². The zero-order chi connectivity index (χ0) is 12.5. The average Bonchev–Trinajstić information content (AvgIpc) is 2.28. The van der Waals surface area contributed by atoms with Crippen LogP contribution in [0.4, 0.5) is 4.39 Å². The number of ether oxygens (including phenoxy) is 1. The summed E-state index contributed by atoms with van der Waals surface area (Å²) in [6, 6.07) is 2.96. The zero-order valence-corrected chi connectivity index (χ0v) is 9.36. The summed E-state index contributed by atoms with van der Waals surface area (Å²) in [5.41, 5.74) is -0.482. The molecule has 1 aromatic carbocycles. The van der Waals surface area contributed by atoms with Gasteiger partial charge in [-0.3, -0.25) is 0 Å². The number of phenols is 1.